The van der Waals surface area contributed by atoms with E-state index in [-0.39, 0.29) is 0 Å². The lowest BCUT2D eigenvalue weighted by Gasteiger charge is -2.07. The highest BCUT2D eigenvalue weighted by Crippen LogP contribution is 2.15. The summed E-state index contributed by atoms with van der Waals surface area (Å²) >= 11 is 0. The van der Waals surface area contributed by atoms with Gasteiger partial charge in [-0.05, 0) is 24.3 Å². The Morgan fingerprint density at radius 2 is 1.14 bits per heavy atom. The fourth-order valence-electron chi connectivity index (χ4n) is 2.45. The molecule has 0 fully saturated rings. The van der Waals surface area contributed by atoms with Gasteiger partial charge in [-0.2, -0.15) is 14.3 Å². The van der Waals surface area contributed by atoms with Gasteiger partial charge in [0.05, 0.1) is 11.0 Å². The van der Waals surface area contributed by atoms with Crippen LogP contribution >= 0.6 is 0 Å². The molecule has 0 aliphatic heterocycles. The molecule has 0 aliphatic carbocycles. The van der Waals surface area contributed by atoms with Gasteiger partial charge < -0.3 is 0 Å². The number of aromatic nitrogens is 2. The van der Waals surface area contributed by atoms with E-state index in [4.69, 9.17) is 9.68 Å². The lowest BCUT2D eigenvalue weighted by Crippen LogP contribution is -2.27. The summed E-state index contributed by atoms with van der Waals surface area (Å²) in [5.41, 5.74) is 1.61. The molecule has 0 aliphatic rings. The van der Waals surface area contributed by atoms with E-state index in [0.29, 0.717) is 0 Å². The average Bonchev–Trinajstić information content (AvgIpc) is 3.13. The largest absolute Gasteiger partial charge is 0.559 e. The molecule has 0 spiro atoms. The summed E-state index contributed by atoms with van der Waals surface area (Å²) in [4.78, 5) is 22.4. The molecule has 0 bridgehead atoms. The second-order valence-electron chi connectivity index (χ2n) is 4.83. The highest BCUT2D eigenvalue weighted by Gasteiger charge is 2.11. The maximum atomic E-state index is 12.0. The third-order valence-electron chi connectivity index (χ3n) is 3.47. The van der Waals surface area contributed by atoms with Crippen molar-refractivity contribution in [1.29, 1.82) is 0 Å². The van der Waals surface area contributed by atoms with E-state index in [2.05, 4.69) is 0 Å². The van der Waals surface area contributed by atoms with Crippen molar-refractivity contribution in [2.24, 2.45) is 0 Å². The molecule has 2 aromatic carbocycles. The van der Waals surface area contributed by atoms with E-state index in [1.54, 1.807) is 12.4 Å². The van der Waals surface area contributed by atoms with Crippen LogP contribution in [-0.2, 0) is 0 Å². The predicted octanol–water partition coefficient (Wildman–Crippen LogP) is 3.27. The Kier molecular flexibility index (Phi) is 2.83. The maximum Gasteiger partial charge on any atom is 0.559 e. The van der Waals surface area contributed by atoms with Gasteiger partial charge in [0.1, 0.15) is 0 Å². The molecule has 4 aromatic rings. The van der Waals surface area contributed by atoms with Crippen LogP contribution in [0.2, 0.25) is 0 Å². The van der Waals surface area contributed by atoms with Crippen molar-refractivity contribution >= 4 is 28.0 Å². The Morgan fingerprint density at radius 1 is 0.682 bits per heavy atom. The van der Waals surface area contributed by atoms with Crippen molar-refractivity contribution < 1.29 is 14.5 Å². The Morgan fingerprint density at radius 3 is 1.64 bits per heavy atom. The van der Waals surface area contributed by atoms with Crippen molar-refractivity contribution in [2.45, 2.75) is 0 Å². The first-order valence-corrected chi connectivity index (χ1v) is 6.84. The topological polar surface area (TPSA) is 45.4 Å². The lowest BCUT2D eigenvalue weighted by atomic mass is 10.3. The average molecular weight is 292 g/mol. The summed E-state index contributed by atoms with van der Waals surface area (Å²) in [7, 11) is 0. The zero-order valence-electron chi connectivity index (χ0n) is 11.5. The molecule has 5 heteroatoms. The first kappa shape index (κ1) is 12.5. The second-order valence-corrected chi connectivity index (χ2v) is 4.83. The third-order valence-corrected chi connectivity index (χ3v) is 3.47. The quantitative estimate of drug-likeness (QED) is 0.569. The van der Waals surface area contributed by atoms with Crippen LogP contribution in [0.15, 0.2) is 73.1 Å². The van der Waals surface area contributed by atoms with Gasteiger partial charge in [0.25, 0.3) is 0 Å². The molecule has 0 saturated heterocycles. The van der Waals surface area contributed by atoms with E-state index in [9.17, 15) is 4.79 Å². The summed E-state index contributed by atoms with van der Waals surface area (Å²) in [6.45, 7) is 0. The van der Waals surface area contributed by atoms with Crippen molar-refractivity contribution in [1.82, 2.24) is 9.46 Å². The van der Waals surface area contributed by atoms with Gasteiger partial charge in [-0.1, -0.05) is 36.4 Å². The summed E-state index contributed by atoms with van der Waals surface area (Å²) in [6, 6.07) is 19.0. The van der Waals surface area contributed by atoms with Crippen LogP contribution in [0.4, 0.5) is 4.79 Å². The Balaban J connectivity index is 1.58. The predicted molar refractivity (Wildman–Crippen MR) is 82.4 cm³/mol. The third kappa shape index (κ3) is 2.09. The van der Waals surface area contributed by atoms with Crippen LogP contribution < -0.4 is 9.68 Å². The van der Waals surface area contributed by atoms with E-state index in [1.165, 1.54) is 9.46 Å². The first-order valence-electron chi connectivity index (χ1n) is 6.84. The molecule has 5 nitrogen and oxygen atoms in total. The molecule has 0 N–H and O–H groups in total. The number of fused-ring (bicyclic) bond motifs is 2. The van der Waals surface area contributed by atoms with E-state index < -0.39 is 6.16 Å². The van der Waals surface area contributed by atoms with Crippen LogP contribution in [0.5, 0.6) is 0 Å². The number of rotatable bonds is 2. The molecule has 2 heterocycles. The Hall–Kier alpha value is -3.21. The lowest BCUT2D eigenvalue weighted by molar-refractivity contribution is 0.0480. The molecule has 0 atom stereocenters. The van der Waals surface area contributed by atoms with Crippen molar-refractivity contribution in [3.05, 3.63) is 73.1 Å². The number of carbonyl (C=O) groups is 1. The SMILES string of the molecule is O=C(On1ccc2ccccc21)On1ccc2ccccc21. The Labute approximate surface area is 125 Å². The van der Waals surface area contributed by atoms with E-state index >= 15 is 0 Å². The zero-order valence-corrected chi connectivity index (χ0v) is 11.5. The minimum atomic E-state index is -0.803. The molecule has 0 unspecified atom stereocenters. The van der Waals surface area contributed by atoms with Gasteiger partial charge in [-0.15, -0.1) is 0 Å². The van der Waals surface area contributed by atoms with Gasteiger partial charge in [0.2, 0.25) is 0 Å². The highest BCUT2D eigenvalue weighted by atomic mass is 16.9. The fourth-order valence-corrected chi connectivity index (χ4v) is 2.45. The first-order chi connectivity index (χ1) is 10.8. The minimum Gasteiger partial charge on any atom is -0.300 e. The van der Waals surface area contributed by atoms with Gasteiger partial charge >= 0.3 is 6.16 Å². The number of nitrogens with zero attached hydrogens (tertiary/aromatic N) is 2. The number of para-hydroxylation sites is 2. The molecule has 2 aromatic heterocycles. The van der Waals surface area contributed by atoms with Crippen molar-refractivity contribution in [3.63, 3.8) is 0 Å². The number of benzene rings is 2. The summed E-state index contributed by atoms with van der Waals surface area (Å²) in [5.74, 6) is 0. The van der Waals surface area contributed by atoms with Crippen LogP contribution in [0.3, 0.4) is 0 Å². The summed E-state index contributed by atoms with van der Waals surface area (Å²) < 4.78 is 2.78. The number of hydrogen-bond donors (Lipinski definition) is 0. The molecular formula is C17H12N2O3. The Bertz CT molecular complexity index is 890. The second kappa shape index (κ2) is 4.96. The smallest absolute Gasteiger partial charge is 0.300 e. The maximum absolute atomic E-state index is 12.0. The summed E-state index contributed by atoms with van der Waals surface area (Å²) in [6.07, 6.45) is 2.56. The van der Waals surface area contributed by atoms with Gasteiger partial charge in [0.15, 0.2) is 0 Å². The van der Waals surface area contributed by atoms with Gasteiger partial charge in [0, 0.05) is 23.2 Å². The molecule has 108 valence electrons. The molecule has 0 radical (unpaired) electrons. The minimum absolute atomic E-state index is 0.803. The van der Waals surface area contributed by atoms with Crippen molar-refractivity contribution in [2.75, 3.05) is 0 Å². The molecule has 0 saturated carbocycles. The standard InChI is InChI=1S/C17H12N2O3/c20-17(21-18-11-9-13-5-1-3-7-15(13)18)22-19-12-10-14-6-2-4-8-16(14)19/h1-12H. The molecule has 22 heavy (non-hydrogen) atoms. The highest BCUT2D eigenvalue weighted by molar-refractivity contribution is 5.81. The van der Waals surface area contributed by atoms with Crippen LogP contribution in [-0.4, -0.2) is 15.6 Å². The summed E-state index contributed by atoms with van der Waals surface area (Å²) in [5, 5.41) is 1.98. The fraction of sp³-hybridized carbons (Fsp3) is 0. The van der Waals surface area contributed by atoms with Crippen molar-refractivity contribution in [3.8, 4) is 0 Å². The van der Waals surface area contributed by atoms with E-state index in [1.807, 2.05) is 60.7 Å². The molecule has 4 rings (SSSR count). The van der Waals surface area contributed by atoms with Crippen LogP contribution in [0, 0.1) is 0 Å². The monoisotopic (exact) mass is 292 g/mol. The van der Waals surface area contributed by atoms with Crippen LogP contribution in [0.1, 0.15) is 0 Å². The van der Waals surface area contributed by atoms with Gasteiger partial charge in [-0.3, -0.25) is 9.68 Å². The zero-order chi connectivity index (χ0) is 14.9. The number of carbonyl (C=O) groups excluding carboxylic acids is 1. The molecular weight excluding hydrogens is 280 g/mol. The van der Waals surface area contributed by atoms with Gasteiger partial charge in [-0.25, -0.2) is 0 Å². The van der Waals surface area contributed by atoms with Crippen LogP contribution in [0.25, 0.3) is 21.8 Å². The molecule has 0 amide bonds. The van der Waals surface area contributed by atoms with E-state index in [0.717, 1.165) is 21.8 Å². The normalized spacial score (nSPS) is 10.9. The number of hydrogen-bond acceptors (Lipinski definition) is 3.